The zero-order valence-corrected chi connectivity index (χ0v) is 14.1. The molecule has 4 nitrogen and oxygen atoms in total. The monoisotopic (exact) mass is 435 g/mol. The first kappa shape index (κ1) is 14.5. The topological polar surface area (TPSA) is 52.3 Å². The first-order chi connectivity index (χ1) is 9.02. The largest absolute Gasteiger partial charge is 0.462 e. The first-order valence-corrected chi connectivity index (χ1v) is 7.50. The molecule has 0 N–H and O–H groups in total. The second kappa shape index (κ2) is 6.04. The molecule has 0 atom stereocenters. The highest BCUT2D eigenvalue weighted by molar-refractivity contribution is 14.1. The Morgan fingerprint density at radius 1 is 1.47 bits per heavy atom. The van der Waals surface area contributed by atoms with Gasteiger partial charge in [0.25, 0.3) is 0 Å². The molecule has 0 spiro atoms. The molecule has 0 unspecified atom stereocenters. The molecule has 1 heterocycles. The zero-order valence-electron chi connectivity index (χ0n) is 10.4. The van der Waals surface area contributed by atoms with E-state index in [1.54, 1.807) is 13.8 Å². The van der Waals surface area contributed by atoms with Gasteiger partial charge < -0.3 is 9.26 Å². The van der Waals surface area contributed by atoms with Crippen LogP contribution in [0.4, 0.5) is 0 Å². The molecule has 0 bridgehead atoms. The number of benzene rings is 1. The quantitative estimate of drug-likeness (QED) is 0.535. The number of aryl methyl sites for hydroxylation is 1. The minimum atomic E-state index is -0.411. The van der Waals surface area contributed by atoms with Crippen LogP contribution in [0, 0.1) is 10.5 Å². The van der Waals surface area contributed by atoms with Crippen molar-refractivity contribution in [2.75, 3.05) is 6.61 Å². The zero-order chi connectivity index (χ0) is 14.0. The molecule has 19 heavy (non-hydrogen) atoms. The fraction of sp³-hybridized carbons (Fsp3) is 0.231. The summed E-state index contributed by atoms with van der Waals surface area (Å²) in [5.41, 5.74) is 1.71. The summed E-state index contributed by atoms with van der Waals surface area (Å²) in [7, 11) is 0. The van der Waals surface area contributed by atoms with E-state index in [-0.39, 0.29) is 0 Å². The Balaban J connectivity index is 2.53. The van der Waals surface area contributed by atoms with Crippen molar-refractivity contribution < 1.29 is 14.1 Å². The number of hydrogen-bond donors (Lipinski definition) is 0. The van der Waals surface area contributed by atoms with Crippen LogP contribution in [0.3, 0.4) is 0 Å². The van der Waals surface area contributed by atoms with Crippen molar-refractivity contribution >= 4 is 44.5 Å². The molecule has 100 valence electrons. The summed E-state index contributed by atoms with van der Waals surface area (Å²) in [5, 5.41) is 3.97. The summed E-state index contributed by atoms with van der Waals surface area (Å²) >= 11 is 5.64. The van der Waals surface area contributed by atoms with E-state index in [1.807, 2.05) is 18.2 Å². The molecule has 0 fully saturated rings. The van der Waals surface area contributed by atoms with Gasteiger partial charge in [0.2, 0.25) is 0 Å². The molecule has 0 saturated heterocycles. The number of carbonyl (C=O) groups excluding carboxylic acids is 1. The second-order valence-electron chi connectivity index (χ2n) is 3.84. The van der Waals surface area contributed by atoms with Crippen molar-refractivity contribution in [3.8, 4) is 11.3 Å². The highest BCUT2D eigenvalue weighted by Crippen LogP contribution is 2.29. The second-order valence-corrected chi connectivity index (χ2v) is 6.00. The van der Waals surface area contributed by atoms with Crippen LogP contribution in [-0.4, -0.2) is 17.7 Å². The molecule has 2 aromatic rings. The molecular weight excluding hydrogens is 425 g/mol. The highest BCUT2D eigenvalue weighted by Gasteiger charge is 2.23. The lowest BCUT2D eigenvalue weighted by Crippen LogP contribution is -2.06. The Kier molecular flexibility index (Phi) is 4.62. The normalized spacial score (nSPS) is 10.5. The maximum absolute atomic E-state index is 12.0. The van der Waals surface area contributed by atoms with Crippen LogP contribution in [0.15, 0.2) is 27.2 Å². The number of carbonyl (C=O) groups is 1. The number of esters is 1. The van der Waals surface area contributed by atoms with Crippen molar-refractivity contribution in [1.82, 2.24) is 5.16 Å². The SMILES string of the molecule is CCOC(=O)c1c(-c2cc(Br)cc(I)c2)noc1C. The molecule has 1 aromatic carbocycles. The lowest BCUT2D eigenvalue weighted by molar-refractivity contribution is 0.0525. The van der Waals surface area contributed by atoms with Crippen molar-refractivity contribution in [1.29, 1.82) is 0 Å². The van der Waals surface area contributed by atoms with E-state index in [2.05, 4.69) is 43.7 Å². The molecule has 1 aromatic heterocycles. The number of nitrogens with zero attached hydrogens (tertiary/aromatic N) is 1. The van der Waals surface area contributed by atoms with Crippen molar-refractivity contribution in [3.05, 3.63) is 37.6 Å². The van der Waals surface area contributed by atoms with E-state index in [9.17, 15) is 4.79 Å². The van der Waals surface area contributed by atoms with Crippen LogP contribution in [0.2, 0.25) is 0 Å². The third-order valence-electron chi connectivity index (χ3n) is 2.48. The fourth-order valence-electron chi connectivity index (χ4n) is 1.70. The average Bonchev–Trinajstić information content (AvgIpc) is 2.70. The standard InChI is InChI=1S/C13H11BrINO3/c1-3-18-13(17)11-7(2)19-16-12(11)8-4-9(14)6-10(15)5-8/h4-6H,3H2,1-2H3. The van der Waals surface area contributed by atoms with Crippen LogP contribution in [0.25, 0.3) is 11.3 Å². The van der Waals surface area contributed by atoms with E-state index in [0.717, 1.165) is 13.6 Å². The van der Waals surface area contributed by atoms with E-state index in [1.165, 1.54) is 0 Å². The van der Waals surface area contributed by atoms with Crippen molar-refractivity contribution in [3.63, 3.8) is 0 Å². The molecule has 2 rings (SSSR count). The van der Waals surface area contributed by atoms with Gasteiger partial charge in [0.15, 0.2) is 0 Å². The Morgan fingerprint density at radius 3 is 2.84 bits per heavy atom. The lowest BCUT2D eigenvalue weighted by atomic mass is 10.1. The Morgan fingerprint density at radius 2 is 2.21 bits per heavy atom. The van der Waals surface area contributed by atoms with Crippen LogP contribution in [-0.2, 0) is 4.74 Å². The Labute approximate surface area is 132 Å². The molecule has 0 aliphatic carbocycles. The fourth-order valence-corrected chi connectivity index (χ4v) is 3.30. The van der Waals surface area contributed by atoms with Gasteiger partial charge in [-0.2, -0.15) is 0 Å². The van der Waals surface area contributed by atoms with E-state index in [0.29, 0.717) is 23.6 Å². The summed E-state index contributed by atoms with van der Waals surface area (Å²) in [6, 6.07) is 5.80. The molecule has 0 radical (unpaired) electrons. The molecular formula is C13H11BrINO3. The highest BCUT2D eigenvalue weighted by atomic mass is 127. The van der Waals surface area contributed by atoms with Crippen LogP contribution in [0.5, 0.6) is 0 Å². The van der Waals surface area contributed by atoms with E-state index in [4.69, 9.17) is 9.26 Å². The summed E-state index contributed by atoms with van der Waals surface area (Å²) in [6.45, 7) is 3.78. The van der Waals surface area contributed by atoms with Gasteiger partial charge in [-0.25, -0.2) is 4.79 Å². The molecule has 6 heteroatoms. The van der Waals surface area contributed by atoms with E-state index < -0.39 is 5.97 Å². The summed E-state index contributed by atoms with van der Waals surface area (Å²) < 4.78 is 12.1. The first-order valence-electron chi connectivity index (χ1n) is 5.62. The molecule has 0 amide bonds. The van der Waals surface area contributed by atoms with Gasteiger partial charge in [-0.3, -0.25) is 0 Å². The molecule has 0 saturated carbocycles. The van der Waals surface area contributed by atoms with Gasteiger partial charge in [-0.15, -0.1) is 0 Å². The number of hydrogen-bond acceptors (Lipinski definition) is 4. The maximum atomic E-state index is 12.0. The van der Waals surface area contributed by atoms with Gasteiger partial charge >= 0.3 is 5.97 Å². The number of halogens is 2. The predicted octanol–water partition coefficient (Wildman–Crippen LogP) is 4.19. The third kappa shape index (κ3) is 3.17. The number of ether oxygens (including phenoxy) is 1. The van der Waals surface area contributed by atoms with Crippen LogP contribution < -0.4 is 0 Å². The summed E-state index contributed by atoms with van der Waals surface area (Å²) in [4.78, 5) is 12.0. The number of aromatic nitrogens is 1. The predicted molar refractivity (Wildman–Crippen MR) is 83.0 cm³/mol. The molecule has 0 aliphatic heterocycles. The van der Waals surface area contributed by atoms with Gasteiger partial charge in [0.1, 0.15) is 17.0 Å². The van der Waals surface area contributed by atoms with Gasteiger partial charge in [-0.05, 0) is 54.6 Å². The third-order valence-corrected chi connectivity index (χ3v) is 3.56. The van der Waals surface area contributed by atoms with Gasteiger partial charge in [0, 0.05) is 13.6 Å². The smallest absolute Gasteiger partial charge is 0.344 e. The van der Waals surface area contributed by atoms with Crippen LogP contribution in [0.1, 0.15) is 23.0 Å². The van der Waals surface area contributed by atoms with Crippen molar-refractivity contribution in [2.24, 2.45) is 0 Å². The molecule has 0 aliphatic rings. The van der Waals surface area contributed by atoms with Gasteiger partial charge in [0.05, 0.1) is 6.61 Å². The van der Waals surface area contributed by atoms with Crippen molar-refractivity contribution in [2.45, 2.75) is 13.8 Å². The Bertz CT molecular complexity index is 604. The van der Waals surface area contributed by atoms with E-state index >= 15 is 0 Å². The lowest BCUT2D eigenvalue weighted by Gasteiger charge is -2.04. The minimum Gasteiger partial charge on any atom is -0.462 e. The summed E-state index contributed by atoms with van der Waals surface area (Å²) in [6.07, 6.45) is 0. The minimum absolute atomic E-state index is 0.318. The van der Waals surface area contributed by atoms with Crippen LogP contribution >= 0.6 is 38.5 Å². The van der Waals surface area contributed by atoms with Gasteiger partial charge in [-0.1, -0.05) is 21.1 Å². The maximum Gasteiger partial charge on any atom is 0.344 e. The summed E-state index contributed by atoms with van der Waals surface area (Å²) in [5.74, 6) is 0.0506. The average molecular weight is 436 g/mol. The Hall–Kier alpha value is -0.890. The number of rotatable bonds is 3.